The first-order valence-corrected chi connectivity index (χ1v) is 10.7. The molecule has 0 bridgehead atoms. The van der Waals surface area contributed by atoms with Gasteiger partial charge in [-0.3, -0.25) is 9.20 Å². The molecule has 1 fully saturated rings. The van der Waals surface area contributed by atoms with Crippen LogP contribution in [-0.2, 0) is 17.7 Å². The Morgan fingerprint density at radius 2 is 2.03 bits per heavy atom. The highest BCUT2D eigenvalue weighted by Crippen LogP contribution is 2.22. The zero-order valence-electron chi connectivity index (χ0n) is 17.3. The van der Waals surface area contributed by atoms with E-state index in [-0.39, 0.29) is 12.0 Å². The van der Waals surface area contributed by atoms with E-state index in [1.807, 2.05) is 57.8 Å². The van der Waals surface area contributed by atoms with Crippen LogP contribution in [0.1, 0.15) is 28.9 Å². The van der Waals surface area contributed by atoms with E-state index in [4.69, 9.17) is 4.74 Å². The molecular formula is C24H25N5O2. The number of fused-ring (bicyclic) bond motifs is 1. The van der Waals surface area contributed by atoms with Crippen molar-refractivity contribution in [1.29, 1.82) is 0 Å². The summed E-state index contributed by atoms with van der Waals surface area (Å²) >= 11 is 0. The molecule has 7 nitrogen and oxygen atoms in total. The van der Waals surface area contributed by atoms with Crippen molar-refractivity contribution >= 4 is 11.4 Å². The molecule has 1 aliphatic heterocycles. The van der Waals surface area contributed by atoms with Crippen LogP contribution in [0.5, 0.6) is 0 Å². The van der Waals surface area contributed by atoms with Gasteiger partial charge in [0.1, 0.15) is 5.69 Å². The second-order valence-electron chi connectivity index (χ2n) is 7.82. The summed E-state index contributed by atoms with van der Waals surface area (Å²) in [5, 5.41) is 3.00. The summed E-state index contributed by atoms with van der Waals surface area (Å²) in [4.78, 5) is 22.1. The van der Waals surface area contributed by atoms with Crippen molar-refractivity contribution in [3.05, 3.63) is 78.5 Å². The smallest absolute Gasteiger partial charge is 0.272 e. The minimum Gasteiger partial charge on any atom is -0.376 e. The average Bonchev–Trinajstić information content (AvgIpc) is 3.55. The largest absolute Gasteiger partial charge is 0.376 e. The monoisotopic (exact) mass is 415 g/mol. The molecule has 5 rings (SSSR count). The summed E-state index contributed by atoms with van der Waals surface area (Å²) in [7, 11) is 0. The van der Waals surface area contributed by atoms with Crippen molar-refractivity contribution < 1.29 is 9.53 Å². The van der Waals surface area contributed by atoms with Crippen LogP contribution in [0.3, 0.4) is 0 Å². The fourth-order valence-corrected chi connectivity index (χ4v) is 4.03. The van der Waals surface area contributed by atoms with Crippen LogP contribution < -0.4 is 5.32 Å². The van der Waals surface area contributed by atoms with Crippen LogP contribution in [0.2, 0.25) is 0 Å². The van der Waals surface area contributed by atoms with Gasteiger partial charge in [0.2, 0.25) is 0 Å². The van der Waals surface area contributed by atoms with Crippen molar-refractivity contribution in [2.24, 2.45) is 0 Å². The van der Waals surface area contributed by atoms with Crippen LogP contribution in [0, 0.1) is 0 Å². The van der Waals surface area contributed by atoms with E-state index in [9.17, 15) is 4.79 Å². The van der Waals surface area contributed by atoms with Gasteiger partial charge in [-0.15, -0.1) is 0 Å². The summed E-state index contributed by atoms with van der Waals surface area (Å²) in [6.45, 7) is 2.17. The Morgan fingerprint density at radius 3 is 2.87 bits per heavy atom. The van der Waals surface area contributed by atoms with E-state index >= 15 is 0 Å². The maximum atomic E-state index is 12.9. The predicted octanol–water partition coefficient (Wildman–Crippen LogP) is 3.35. The summed E-state index contributed by atoms with van der Waals surface area (Å²) in [5.74, 6) is 0.486. The van der Waals surface area contributed by atoms with Gasteiger partial charge >= 0.3 is 0 Å². The van der Waals surface area contributed by atoms with Gasteiger partial charge in [0.25, 0.3) is 5.91 Å². The van der Waals surface area contributed by atoms with Gasteiger partial charge in [-0.1, -0.05) is 36.4 Å². The van der Waals surface area contributed by atoms with Crippen LogP contribution in [-0.4, -0.2) is 44.1 Å². The predicted molar refractivity (Wildman–Crippen MR) is 118 cm³/mol. The fraction of sp³-hybridized carbons (Fsp3) is 0.292. The molecule has 1 N–H and O–H groups in total. The van der Waals surface area contributed by atoms with Gasteiger partial charge in [0, 0.05) is 32.1 Å². The van der Waals surface area contributed by atoms with Crippen LogP contribution in [0.4, 0.5) is 0 Å². The number of pyridine rings is 1. The second-order valence-corrected chi connectivity index (χ2v) is 7.82. The Labute approximate surface area is 180 Å². The number of carbonyl (C=O) groups excluding carboxylic acids is 1. The minimum absolute atomic E-state index is 0.176. The molecule has 7 heteroatoms. The lowest BCUT2D eigenvalue weighted by atomic mass is 10.1. The number of benzene rings is 1. The Balaban J connectivity index is 1.35. The first-order chi connectivity index (χ1) is 15.3. The van der Waals surface area contributed by atoms with E-state index in [0.29, 0.717) is 18.1 Å². The lowest BCUT2D eigenvalue weighted by Gasteiger charge is -2.08. The van der Waals surface area contributed by atoms with Crippen LogP contribution in [0.15, 0.2) is 67.3 Å². The third-order valence-electron chi connectivity index (χ3n) is 5.61. The first kappa shape index (κ1) is 19.5. The van der Waals surface area contributed by atoms with E-state index in [1.165, 1.54) is 5.56 Å². The number of hydrogen-bond donors (Lipinski definition) is 1. The summed E-state index contributed by atoms with van der Waals surface area (Å²) in [6.07, 6.45) is 8.90. The number of ether oxygens (including phenoxy) is 1. The zero-order chi connectivity index (χ0) is 21.0. The van der Waals surface area contributed by atoms with Crippen LogP contribution in [0.25, 0.3) is 17.0 Å². The van der Waals surface area contributed by atoms with Crippen molar-refractivity contribution in [1.82, 2.24) is 24.3 Å². The molecule has 1 aromatic carbocycles. The van der Waals surface area contributed by atoms with Crippen molar-refractivity contribution in [3.8, 4) is 11.5 Å². The molecule has 3 aromatic heterocycles. The van der Waals surface area contributed by atoms with Crippen molar-refractivity contribution in [3.63, 3.8) is 0 Å². The van der Waals surface area contributed by atoms with Gasteiger partial charge in [0.05, 0.1) is 17.9 Å². The molecule has 1 atom stereocenters. The Hall–Kier alpha value is -3.45. The van der Waals surface area contributed by atoms with E-state index in [2.05, 4.69) is 27.4 Å². The molecule has 4 heterocycles. The van der Waals surface area contributed by atoms with E-state index in [0.717, 1.165) is 43.6 Å². The number of carbonyl (C=O) groups is 1. The fourth-order valence-electron chi connectivity index (χ4n) is 4.03. The average molecular weight is 415 g/mol. The Morgan fingerprint density at radius 1 is 1.16 bits per heavy atom. The number of nitrogens with zero attached hydrogens (tertiary/aromatic N) is 4. The third-order valence-corrected chi connectivity index (χ3v) is 5.61. The second kappa shape index (κ2) is 8.73. The molecule has 1 saturated heterocycles. The minimum atomic E-state index is -0.176. The topological polar surface area (TPSA) is 73.5 Å². The highest BCUT2D eigenvalue weighted by molar-refractivity contribution is 5.99. The number of amides is 1. The zero-order valence-corrected chi connectivity index (χ0v) is 17.3. The number of aromatic nitrogens is 4. The Bertz CT molecular complexity index is 1180. The molecule has 1 aliphatic rings. The van der Waals surface area contributed by atoms with Crippen LogP contribution >= 0.6 is 0 Å². The third kappa shape index (κ3) is 4.22. The number of nitrogens with one attached hydrogen (secondary N) is 1. The normalized spacial score (nSPS) is 16.1. The molecule has 158 valence electrons. The van der Waals surface area contributed by atoms with Crippen molar-refractivity contribution in [2.75, 3.05) is 13.2 Å². The highest BCUT2D eigenvalue weighted by atomic mass is 16.5. The number of hydrogen-bond acceptors (Lipinski definition) is 4. The van der Waals surface area contributed by atoms with Gasteiger partial charge in [0.15, 0.2) is 11.5 Å². The quantitative estimate of drug-likeness (QED) is 0.502. The maximum Gasteiger partial charge on any atom is 0.272 e. The van der Waals surface area contributed by atoms with Gasteiger partial charge in [-0.2, -0.15) is 0 Å². The van der Waals surface area contributed by atoms with E-state index in [1.54, 1.807) is 6.33 Å². The summed E-state index contributed by atoms with van der Waals surface area (Å²) in [6, 6.07) is 15.9. The summed E-state index contributed by atoms with van der Waals surface area (Å²) in [5.41, 5.74) is 3.11. The molecule has 0 saturated carbocycles. The molecule has 1 unspecified atom stereocenters. The molecular weight excluding hydrogens is 390 g/mol. The lowest BCUT2D eigenvalue weighted by molar-refractivity contribution is 0.0951. The maximum absolute atomic E-state index is 12.9. The number of imidazole rings is 2. The van der Waals surface area contributed by atoms with Gasteiger partial charge < -0.3 is 14.6 Å². The highest BCUT2D eigenvalue weighted by Gasteiger charge is 2.20. The van der Waals surface area contributed by atoms with Gasteiger partial charge in [-0.05, 0) is 37.0 Å². The molecule has 0 radical (unpaired) electrons. The summed E-state index contributed by atoms with van der Waals surface area (Å²) < 4.78 is 9.68. The molecule has 4 aromatic rings. The lowest BCUT2D eigenvalue weighted by Crippen LogP contribution is -2.26. The molecule has 31 heavy (non-hydrogen) atoms. The first-order valence-electron chi connectivity index (χ1n) is 10.7. The standard InChI is InChI=1S/C24H25N5O2/c30-24(25-12-11-18-7-2-1-3-8-18)22-21-10-4-5-13-29(21)23(27-22)20-16-28(17-26-20)15-19-9-6-14-31-19/h1-5,7-8,10,13,16-17,19H,6,9,11-12,14-15H2,(H,25,30). The molecule has 0 spiro atoms. The number of rotatable bonds is 7. The van der Waals surface area contributed by atoms with Crippen molar-refractivity contribution in [2.45, 2.75) is 31.9 Å². The SMILES string of the molecule is O=C(NCCc1ccccc1)c1nc(-c2cn(CC3CCCO3)cn2)n2ccccc12. The van der Waals surface area contributed by atoms with E-state index < -0.39 is 0 Å². The van der Waals surface area contributed by atoms with Gasteiger partial charge in [-0.25, -0.2) is 9.97 Å². The molecule has 0 aliphatic carbocycles. The Kier molecular flexibility index (Phi) is 5.50. The molecule has 1 amide bonds.